The van der Waals surface area contributed by atoms with Crippen molar-refractivity contribution in [3.63, 3.8) is 0 Å². The second-order valence-electron chi connectivity index (χ2n) is 7.59. The Morgan fingerprint density at radius 3 is 2.78 bits per heavy atom. The van der Waals surface area contributed by atoms with E-state index in [1.54, 1.807) is 18.5 Å². The fourth-order valence-electron chi connectivity index (χ4n) is 4.00. The molecule has 1 aromatic heterocycles. The minimum Gasteiger partial charge on any atom is -0.482 e. The molecule has 2 unspecified atom stereocenters. The van der Waals surface area contributed by atoms with Gasteiger partial charge in [0, 0.05) is 48.2 Å². The minimum atomic E-state index is -0.417. The van der Waals surface area contributed by atoms with Gasteiger partial charge in [0.25, 0.3) is 0 Å². The fraction of sp³-hybridized carbons (Fsp3) is 0.333. The van der Waals surface area contributed by atoms with Crippen molar-refractivity contribution in [3.8, 4) is 5.75 Å². The van der Waals surface area contributed by atoms with Crippen molar-refractivity contribution in [3.05, 3.63) is 70.9 Å². The maximum absolute atomic E-state index is 14.3. The van der Waals surface area contributed by atoms with Crippen LogP contribution in [-0.4, -0.2) is 17.7 Å². The number of hydrogen-bond donors (Lipinski definition) is 5. The molecule has 7 N–H and O–H groups in total. The predicted molar refractivity (Wildman–Crippen MR) is 127 cm³/mol. The van der Waals surface area contributed by atoms with Gasteiger partial charge in [-0.2, -0.15) is 0 Å². The van der Waals surface area contributed by atoms with Crippen LogP contribution in [0, 0.1) is 11.2 Å². The molecule has 2 aromatic rings. The van der Waals surface area contributed by atoms with E-state index in [1.165, 1.54) is 24.5 Å². The third-order valence-electron chi connectivity index (χ3n) is 5.53. The number of nitrogens with one attached hydrogen (secondary N) is 3. The number of rotatable bonds is 6. The molecule has 0 saturated carbocycles. The van der Waals surface area contributed by atoms with Crippen LogP contribution in [0.2, 0.25) is 0 Å². The van der Waals surface area contributed by atoms with Gasteiger partial charge >= 0.3 is 0 Å². The molecule has 0 saturated heterocycles. The summed E-state index contributed by atoms with van der Waals surface area (Å²) in [6.07, 6.45) is 7.61. The van der Waals surface area contributed by atoms with Crippen LogP contribution in [0.5, 0.6) is 5.75 Å². The Balaban J connectivity index is 2.23. The van der Waals surface area contributed by atoms with Gasteiger partial charge in [0.15, 0.2) is 11.6 Å². The van der Waals surface area contributed by atoms with Crippen molar-refractivity contribution < 1.29 is 9.13 Å². The molecular formula is C24H31FN6O. The standard InChI is InChI=1S/C24H31FN6O/c1-3-21-19-12-17(25)6-7-18(19)20(30-10-9-26)8-5-15(13-27)23(29-4-2)16-11-22(32-21)24(28)31-14-16/h6-7,9-14,20-21,27,29-30H,3-5,8,26H2,1-2H3,(H2,28,31)/b10-9-,23-15-,27-13?. The Hall–Kier alpha value is -3.55. The molecule has 7 nitrogen and oxygen atoms in total. The van der Waals surface area contributed by atoms with Gasteiger partial charge < -0.3 is 32.2 Å². The van der Waals surface area contributed by atoms with Crippen LogP contribution < -0.4 is 26.8 Å². The topological polar surface area (TPSA) is 122 Å². The number of allylic oxidation sites excluding steroid dienone is 1. The number of hydrogen-bond acceptors (Lipinski definition) is 7. The summed E-state index contributed by atoms with van der Waals surface area (Å²) in [6, 6.07) is 6.42. The van der Waals surface area contributed by atoms with Crippen molar-refractivity contribution in [2.24, 2.45) is 5.73 Å². The van der Waals surface area contributed by atoms with Gasteiger partial charge in [0.2, 0.25) is 0 Å². The number of halogens is 1. The zero-order chi connectivity index (χ0) is 23.1. The summed E-state index contributed by atoms with van der Waals surface area (Å²) in [5.41, 5.74) is 15.8. The lowest BCUT2D eigenvalue weighted by atomic mass is 9.90. The molecule has 170 valence electrons. The van der Waals surface area contributed by atoms with E-state index in [1.807, 2.05) is 19.9 Å². The zero-order valence-electron chi connectivity index (χ0n) is 18.5. The quantitative estimate of drug-likeness (QED) is 0.432. The molecule has 3 rings (SSSR count). The van der Waals surface area contributed by atoms with E-state index >= 15 is 0 Å². The number of nitrogens with zero attached hydrogens (tertiary/aromatic N) is 1. The number of fused-ring (bicyclic) bond motifs is 3. The normalized spacial score (nSPS) is 21.1. The van der Waals surface area contributed by atoms with Crippen LogP contribution in [0.1, 0.15) is 61.9 Å². The van der Waals surface area contributed by atoms with Crippen molar-refractivity contribution in [1.82, 2.24) is 15.6 Å². The third-order valence-corrected chi connectivity index (χ3v) is 5.53. The van der Waals surface area contributed by atoms with Crippen LogP contribution in [-0.2, 0) is 0 Å². The number of benzene rings is 1. The molecule has 1 aliphatic heterocycles. The summed E-state index contributed by atoms with van der Waals surface area (Å²) in [6.45, 7) is 4.67. The molecule has 1 aliphatic rings. The van der Waals surface area contributed by atoms with E-state index in [9.17, 15) is 4.39 Å². The van der Waals surface area contributed by atoms with Gasteiger partial charge in [0.05, 0.1) is 6.04 Å². The van der Waals surface area contributed by atoms with Crippen molar-refractivity contribution >= 4 is 17.7 Å². The van der Waals surface area contributed by atoms with E-state index in [-0.39, 0.29) is 17.7 Å². The molecule has 8 heteroatoms. The number of nitrogen functional groups attached to an aromatic ring is 1. The number of ether oxygens (including phenoxy) is 1. The highest BCUT2D eigenvalue weighted by molar-refractivity contribution is 5.89. The second kappa shape index (κ2) is 10.7. The molecule has 2 atom stereocenters. The first kappa shape index (κ1) is 23.1. The van der Waals surface area contributed by atoms with Crippen molar-refractivity contribution in [1.29, 1.82) is 5.41 Å². The molecule has 32 heavy (non-hydrogen) atoms. The monoisotopic (exact) mass is 438 g/mol. The molecule has 0 radical (unpaired) electrons. The number of aromatic nitrogens is 1. The second-order valence-corrected chi connectivity index (χ2v) is 7.59. The Kier molecular flexibility index (Phi) is 7.70. The molecule has 0 fully saturated rings. The van der Waals surface area contributed by atoms with Crippen LogP contribution in [0.3, 0.4) is 0 Å². The lowest BCUT2D eigenvalue weighted by molar-refractivity contribution is 0.199. The highest BCUT2D eigenvalue weighted by Gasteiger charge is 2.24. The Morgan fingerprint density at radius 2 is 2.09 bits per heavy atom. The van der Waals surface area contributed by atoms with Gasteiger partial charge in [-0.3, -0.25) is 0 Å². The largest absolute Gasteiger partial charge is 0.482 e. The molecule has 2 heterocycles. The van der Waals surface area contributed by atoms with Crippen LogP contribution in [0.15, 0.2) is 48.4 Å². The maximum Gasteiger partial charge on any atom is 0.166 e. The molecule has 2 bridgehead atoms. The summed E-state index contributed by atoms with van der Waals surface area (Å²) in [4.78, 5) is 4.32. The number of nitrogens with two attached hydrogens (primary N) is 2. The first-order chi connectivity index (χ1) is 15.5. The number of anilines is 1. The van der Waals surface area contributed by atoms with Gasteiger partial charge in [-0.05, 0) is 55.5 Å². The van der Waals surface area contributed by atoms with Crippen LogP contribution >= 0.6 is 0 Å². The predicted octanol–water partition coefficient (Wildman–Crippen LogP) is 4.16. The highest BCUT2D eigenvalue weighted by atomic mass is 19.1. The number of pyridine rings is 1. The average Bonchev–Trinajstić information content (AvgIpc) is 2.79. The molecular weight excluding hydrogens is 407 g/mol. The first-order valence-electron chi connectivity index (χ1n) is 10.8. The maximum atomic E-state index is 14.3. The lowest BCUT2D eigenvalue weighted by Gasteiger charge is -2.27. The summed E-state index contributed by atoms with van der Waals surface area (Å²) in [7, 11) is 0. The summed E-state index contributed by atoms with van der Waals surface area (Å²) < 4.78 is 20.6. The van der Waals surface area contributed by atoms with Gasteiger partial charge in [-0.25, -0.2) is 9.37 Å². The van der Waals surface area contributed by atoms with Gasteiger partial charge in [-0.1, -0.05) is 13.0 Å². The van der Waals surface area contributed by atoms with E-state index < -0.39 is 6.10 Å². The molecule has 1 aromatic carbocycles. The smallest absolute Gasteiger partial charge is 0.166 e. The molecule has 0 spiro atoms. The van der Waals surface area contributed by atoms with E-state index in [2.05, 4.69) is 15.6 Å². The van der Waals surface area contributed by atoms with Crippen LogP contribution in [0.4, 0.5) is 10.2 Å². The minimum absolute atomic E-state index is 0.158. The van der Waals surface area contributed by atoms with Crippen LogP contribution in [0.25, 0.3) is 5.70 Å². The third kappa shape index (κ3) is 5.01. The lowest BCUT2D eigenvalue weighted by Crippen LogP contribution is -2.22. The van der Waals surface area contributed by atoms with E-state index in [4.69, 9.17) is 21.6 Å². The molecule has 0 amide bonds. The zero-order valence-corrected chi connectivity index (χ0v) is 18.5. The van der Waals surface area contributed by atoms with Crippen molar-refractivity contribution in [2.45, 2.75) is 45.3 Å². The molecule has 0 aliphatic carbocycles. The Bertz CT molecular complexity index is 1020. The van der Waals surface area contributed by atoms with Gasteiger partial charge in [-0.15, -0.1) is 0 Å². The van der Waals surface area contributed by atoms with Gasteiger partial charge in [0.1, 0.15) is 11.9 Å². The SMILES string of the molecule is CCN/C1=C(\C=N)CCC(N/C=C\N)c2ccc(F)cc2C(CC)Oc2cc1cnc2N. The van der Waals surface area contributed by atoms with Crippen molar-refractivity contribution in [2.75, 3.05) is 12.3 Å². The van der Waals surface area contributed by atoms with E-state index in [0.29, 0.717) is 31.6 Å². The summed E-state index contributed by atoms with van der Waals surface area (Å²) in [5.74, 6) is 0.354. The highest BCUT2D eigenvalue weighted by Crippen LogP contribution is 2.36. The van der Waals surface area contributed by atoms with E-state index in [0.717, 1.165) is 28.0 Å². The summed E-state index contributed by atoms with van der Waals surface area (Å²) in [5, 5.41) is 14.7. The Morgan fingerprint density at radius 1 is 1.28 bits per heavy atom. The fourth-order valence-corrected chi connectivity index (χ4v) is 4.00. The first-order valence-corrected chi connectivity index (χ1v) is 10.8. The summed E-state index contributed by atoms with van der Waals surface area (Å²) >= 11 is 0. The average molecular weight is 439 g/mol. The Labute approximate surface area is 188 Å².